The van der Waals surface area contributed by atoms with E-state index in [-0.39, 0.29) is 17.7 Å². The Morgan fingerprint density at radius 2 is 1.75 bits per heavy atom. The van der Waals surface area contributed by atoms with E-state index in [4.69, 9.17) is 0 Å². The van der Waals surface area contributed by atoms with Gasteiger partial charge in [-0.3, -0.25) is 9.59 Å². The molecule has 0 radical (unpaired) electrons. The Labute approximate surface area is 189 Å². The van der Waals surface area contributed by atoms with E-state index in [1.807, 2.05) is 63.2 Å². The van der Waals surface area contributed by atoms with Crippen molar-refractivity contribution < 1.29 is 9.59 Å². The van der Waals surface area contributed by atoms with Crippen molar-refractivity contribution in [2.24, 2.45) is 5.92 Å². The molecule has 0 bridgehead atoms. The monoisotopic (exact) mass is 430 g/mol. The molecule has 1 atom stereocenters. The number of nitrogens with zero attached hydrogens (tertiary/aromatic N) is 4. The Kier molecular flexibility index (Phi) is 6.21. The van der Waals surface area contributed by atoms with Gasteiger partial charge in [0.25, 0.3) is 0 Å². The van der Waals surface area contributed by atoms with Crippen molar-refractivity contribution in [2.45, 2.75) is 52.7 Å². The summed E-state index contributed by atoms with van der Waals surface area (Å²) in [7, 11) is 1.77. The third-order valence-electron chi connectivity index (χ3n) is 6.03. The molecule has 0 N–H and O–H groups in total. The fourth-order valence-electron chi connectivity index (χ4n) is 4.38. The largest absolute Gasteiger partial charge is 0.336 e. The first-order chi connectivity index (χ1) is 15.3. The first-order valence-corrected chi connectivity index (χ1v) is 11.2. The normalized spacial score (nSPS) is 15.7. The molecule has 2 heterocycles. The molecule has 1 unspecified atom stereocenters. The fraction of sp³-hybridized carbons (Fsp3) is 0.385. The minimum atomic E-state index is -0.511. The smallest absolute Gasteiger partial charge is 0.245 e. The summed E-state index contributed by atoms with van der Waals surface area (Å²) >= 11 is 0. The number of aryl methyl sites for hydroxylation is 1. The van der Waals surface area contributed by atoms with Gasteiger partial charge < -0.3 is 9.80 Å². The van der Waals surface area contributed by atoms with Crippen molar-refractivity contribution >= 4 is 22.7 Å². The summed E-state index contributed by atoms with van der Waals surface area (Å²) in [5.74, 6) is 0.792. The van der Waals surface area contributed by atoms with Gasteiger partial charge in [-0.25, -0.2) is 9.97 Å². The van der Waals surface area contributed by atoms with E-state index >= 15 is 0 Å². The number of likely N-dealkylation sites (N-methyl/N-ethyl adjacent to an activating group) is 1. The summed E-state index contributed by atoms with van der Waals surface area (Å²) in [6, 6.07) is 15.4. The van der Waals surface area contributed by atoms with Crippen molar-refractivity contribution in [3.8, 4) is 0 Å². The Morgan fingerprint density at radius 3 is 2.50 bits per heavy atom. The lowest BCUT2D eigenvalue weighted by atomic mass is 9.92. The van der Waals surface area contributed by atoms with Crippen LogP contribution in [0.3, 0.4) is 0 Å². The van der Waals surface area contributed by atoms with Gasteiger partial charge in [-0.15, -0.1) is 0 Å². The Balaban J connectivity index is 1.58. The van der Waals surface area contributed by atoms with Gasteiger partial charge in [-0.2, -0.15) is 0 Å². The third kappa shape index (κ3) is 4.49. The molecule has 1 aliphatic rings. The number of aromatic nitrogens is 2. The van der Waals surface area contributed by atoms with E-state index in [0.29, 0.717) is 31.8 Å². The van der Waals surface area contributed by atoms with Gasteiger partial charge in [-0.1, -0.05) is 56.3 Å². The molecule has 3 aromatic rings. The van der Waals surface area contributed by atoms with E-state index in [1.165, 1.54) is 0 Å². The highest BCUT2D eigenvalue weighted by Crippen LogP contribution is 2.26. The Morgan fingerprint density at radius 1 is 1.06 bits per heavy atom. The zero-order valence-corrected chi connectivity index (χ0v) is 19.2. The average molecular weight is 431 g/mol. The molecule has 6 heteroatoms. The molecular formula is C26H30N4O2. The molecule has 0 spiro atoms. The van der Waals surface area contributed by atoms with Crippen LogP contribution in [0, 0.1) is 12.8 Å². The molecule has 166 valence electrons. The maximum atomic E-state index is 13.5. The van der Waals surface area contributed by atoms with Gasteiger partial charge in [0, 0.05) is 37.5 Å². The molecule has 32 heavy (non-hydrogen) atoms. The predicted octanol–water partition coefficient (Wildman–Crippen LogP) is 3.90. The number of carbonyl (C=O) groups is 2. The van der Waals surface area contributed by atoms with Crippen LogP contribution in [-0.4, -0.2) is 44.7 Å². The third-order valence-corrected chi connectivity index (χ3v) is 6.03. The number of carbonyl (C=O) groups excluding carboxylic acids is 2. The van der Waals surface area contributed by atoms with Crippen LogP contribution in [0.25, 0.3) is 10.9 Å². The molecule has 0 saturated heterocycles. The maximum absolute atomic E-state index is 13.5. The summed E-state index contributed by atoms with van der Waals surface area (Å²) in [5.41, 5.74) is 4.01. The fourth-order valence-corrected chi connectivity index (χ4v) is 4.38. The van der Waals surface area contributed by atoms with Crippen molar-refractivity contribution in [3.05, 3.63) is 71.2 Å². The summed E-state index contributed by atoms with van der Waals surface area (Å²) in [6.45, 7) is 6.78. The van der Waals surface area contributed by atoms with Crippen molar-refractivity contribution in [3.63, 3.8) is 0 Å². The zero-order chi connectivity index (χ0) is 22.8. The summed E-state index contributed by atoms with van der Waals surface area (Å²) in [6.07, 6.45) is 0.962. The average Bonchev–Trinajstić information content (AvgIpc) is 2.77. The van der Waals surface area contributed by atoms with E-state index in [2.05, 4.69) is 16.0 Å². The van der Waals surface area contributed by atoms with Crippen LogP contribution < -0.4 is 0 Å². The van der Waals surface area contributed by atoms with Crippen LogP contribution >= 0.6 is 0 Å². The molecule has 2 aromatic carbocycles. The van der Waals surface area contributed by atoms with Crippen molar-refractivity contribution in [2.75, 3.05) is 7.05 Å². The highest BCUT2D eigenvalue weighted by atomic mass is 16.2. The predicted molar refractivity (Wildman–Crippen MR) is 125 cm³/mol. The molecule has 0 saturated carbocycles. The van der Waals surface area contributed by atoms with Crippen LogP contribution in [-0.2, 0) is 29.1 Å². The second-order valence-electron chi connectivity index (χ2n) is 9.04. The van der Waals surface area contributed by atoms with Gasteiger partial charge in [-0.05, 0) is 30.0 Å². The van der Waals surface area contributed by atoms with Crippen LogP contribution in [0.2, 0.25) is 0 Å². The van der Waals surface area contributed by atoms with Crippen molar-refractivity contribution in [1.29, 1.82) is 0 Å². The second-order valence-corrected chi connectivity index (χ2v) is 9.04. The molecule has 1 aliphatic heterocycles. The number of benzene rings is 2. The number of amides is 2. The van der Waals surface area contributed by atoms with Crippen LogP contribution in [0.5, 0.6) is 0 Å². The number of hydrogen-bond acceptors (Lipinski definition) is 4. The van der Waals surface area contributed by atoms with E-state index < -0.39 is 6.04 Å². The first kappa shape index (κ1) is 21.9. The highest BCUT2D eigenvalue weighted by molar-refractivity contribution is 5.88. The van der Waals surface area contributed by atoms with E-state index in [9.17, 15) is 9.59 Å². The van der Waals surface area contributed by atoms with Gasteiger partial charge in [0.05, 0.1) is 12.1 Å². The lowest BCUT2D eigenvalue weighted by molar-refractivity contribution is -0.147. The second kappa shape index (κ2) is 9.07. The van der Waals surface area contributed by atoms with Crippen molar-refractivity contribution in [1.82, 2.24) is 19.8 Å². The summed E-state index contributed by atoms with van der Waals surface area (Å²) < 4.78 is 0. The number of hydrogen-bond donors (Lipinski definition) is 0. The van der Waals surface area contributed by atoms with E-state index in [1.54, 1.807) is 16.8 Å². The summed E-state index contributed by atoms with van der Waals surface area (Å²) in [5, 5.41) is 1.01. The van der Waals surface area contributed by atoms with Crippen LogP contribution in [0.1, 0.15) is 42.9 Å². The molecule has 4 rings (SSSR count). The molecule has 0 fully saturated rings. The van der Waals surface area contributed by atoms with Gasteiger partial charge in [0.1, 0.15) is 11.9 Å². The number of fused-ring (bicyclic) bond motifs is 2. The lowest BCUT2D eigenvalue weighted by Gasteiger charge is -2.38. The van der Waals surface area contributed by atoms with Gasteiger partial charge in [0.15, 0.2) is 0 Å². The lowest BCUT2D eigenvalue weighted by Crippen LogP contribution is -2.53. The Hall–Kier alpha value is -3.28. The molecular weight excluding hydrogens is 400 g/mol. The van der Waals surface area contributed by atoms with Gasteiger partial charge >= 0.3 is 0 Å². The van der Waals surface area contributed by atoms with Crippen LogP contribution in [0.4, 0.5) is 0 Å². The molecule has 1 aromatic heterocycles. The standard InChI is InChI=1S/C26H30N4O2/c1-17(2)13-25(31)30-15-20-10-6-5-9-19(20)14-23(30)26(32)29(4)16-24-27-18(3)21-11-7-8-12-22(21)28-24/h5-12,17,23H,13-16H2,1-4H3. The highest BCUT2D eigenvalue weighted by Gasteiger charge is 2.36. The molecule has 6 nitrogen and oxygen atoms in total. The minimum Gasteiger partial charge on any atom is -0.336 e. The molecule has 2 amide bonds. The quantitative estimate of drug-likeness (QED) is 0.616. The number of para-hydroxylation sites is 1. The topological polar surface area (TPSA) is 66.4 Å². The van der Waals surface area contributed by atoms with Crippen LogP contribution in [0.15, 0.2) is 48.5 Å². The van der Waals surface area contributed by atoms with Gasteiger partial charge in [0.2, 0.25) is 11.8 Å². The number of rotatable bonds is 5. The first-order valence-electron chi connectivity index (χ1n) is 11.2. The zero-order valence-electron chi connectivity index (χ0n) is 19.2. The summed E-state index contributed by atoms with van der Waals surface area (Å²) in [4.78, 5) is 39.2. The SMILES string of the molecule is Cc1nc(CN(C)C(=O)C2Cc3ccccc3CN2C(=O)CC(C)C)nc2ccccc12. The molecule has 0 aliphatic carbocycles. The Bertz CT molecular complexity index is 1160. The minimum absolute atomic E-state index is 0.0269. The van der Waals surface area contributed by atoms with E-state index in [0.717, 1.165) is 27.7 Å². The maximum Gasteiger partial charge on any atom is 0.245 e.